The molecule has 8 heteroatoms. The van der Waals surface area contributed by atoms with Gasteiger partial charge in [-0.2, -0.15) is 0 Å². The number of anilines is 1. The van der Waals surface area contributed by atoms with E-state index in [0.29, 0.717) is 18.2 Å². The van der Waals surface area contributed by atoms with Gasteiger partial charge in [-0.15, -0.1) is 0 Å². The van der Waals surface area contributed by atoms with Crippen LogP contribution >= 0.6 is 0 Å². The molecule has 118 valence electrons. The molecule has 0 heterocycles. The highest BCUT2D eigenvalue weighted by molar-refractivity contribution is 7.92. The summed E-state index contributed by atoms with van der Waals surface area (Å²) < 4.78 is 52.0. The molecule has 0 bridgehead atoms. The van der Waals surface area contributed by atoms with E-state index in [1.807, 2.05) is 0 Å². The van der Waals surface area contributed by atoms with E-state index in [-0.39, 0.29) is 17.9 Å². The second-order valence-corrected chi connectivity index (χ2v) is 9.02. The standard InChI is InChI=1S/C13H20N2O4S2/c16-20(17,14-11-12-7-8-12)9-4-10-21(18,19)15-13-5-2-1-3-6-13/h1-3,5-6,12,14-15H,4,7-11H2. The predicted octanol–water partition coefficient (Wildman–Crippen LogP) is 1.15. The highest BCUT2D eigenvalue weighted by Gasteiger charge is 2.23. The fourth-order valence-electron chi connectivity index (χ4n) is 1.81. The number of hydrogen-bond donors (Lipinski definition) is 2. The quantitative estimate of drug-likeness (QED) is 0.709. The summed E-state index contributed by atoms with van der Waals surface area (Å²) in [5, 5.41) is 0. The summed E-state index contributed by atoms with van der Waals surface area (Å²) in [7, 11) is -6.89. The van der Waals surface area contributed by atoms with Gasteiger partial charge in [0.25, 0.3) is 0 Å². The highest BCUT2D eigenvalue weighted by Crippen LogP contribution is 2.27. The molecule has 1 aromatic carbocycles. The maximum atomic E-state index is 11.8. The molecule has 1 aliphatic rings. The average Bonchev–Trinajstić information content (AvgIpc) is 3.20. The van der Waals surface area contributed by atoms with E-state index < -0.39 is 20.0 Å². The number of sulfonamides is 2. The number of hydrogen-bond acceptors (Lipinski definition) is 4. The van der Waals surface area contributed by atoms with Crippen LogP contribution in [0.2, 0.25) is 0 Å². The van der Waals surface area contributed by atoms with Crippen LogP contribution in [0, 0.1) is 5.92 Å². The first kappa shape index (κ1) is 16.3. The zero-order valence-corrected chi connectivity index (χ0v) is 13.3. The van der Waals surface area contributed by atoms with Gasteiger partial charge in [0.2, 0.25) is 20.0 Å². The van der Waals surface area contributed by atoms with Crippen molar-refractivity contribution in [3.8, 4) is 0 Å². The first-order valence-electron chi connectivity index (χ1n) is 6.89. The molecule has 0 aliphatic heterocycles. The van der Waals surface area contributed by atoms with Gasteiger partial charge in [-0.3, -0.25) is 4.72 Å². The lowest BCUT2D eigenvalue weighted by Gasteiger charge is -2.08. The van der Waals surface area contributed by atoms with Gasteiger partial charge in [0.1, 0.15) is 0 Å². The van der Waals surface area contributed by atoms with Crippen LogP contribution in [0.3, 0.4) is 0 Å². The van der Waals surface area contributed by atoms with E-state index in [1.54, 1.807) is 30.3 Å². The van der Waals surface area contributed by atoms with Crippen molar-refractivity contribution in [2.24, 2.45) is 5.92 Å². The molecule has 1 fully saturated rings. The summed E-state index contributed by atoms with van der Waals surface area (Å²) in [4.78, 5) is 0. The van der Waals surface area contributed by atoms with Gasteiger partial charge < -0.3 is 0 Å². The van der Waals surface area contributed by atoms with Crippen LogP contribution in [0.1, 0.15) is 19.3 Å². The van der Waals surface area contributed by atoms with Gasteiger partial charge in [-0.1, -0.05) is 18.2 Å². The van der Waals surface area contributed by atoms with Crippen molar-refractivity contribution in [1.29, 1.82) is 0 Å². The third kappa shape index (κ3) is 6.45. The molecule has 1 saturated carbocycles. The van der Waals surface area contributed by atoms with Crippen molar-refractivity contribution in [3.05, 3.63) is 30.3 Å². The molecule has 1 aromatic rings. The van der Waals surface area contributed by atoms with Gasteiger partial charge in [0, 0.05) is 12.2 Å². The molecule has 0 atom stereocenters. The van der Waals surface area contributed by atoms with E-state index in [2.05, 4.69) is 9.44 Å². The van der Waals surface area contributed by atoms with Crippen molar-refractivity contribution < 1.29 is 16.8 Å². The molecule has 2 N–H and O–H groups in total. The first-order chi connectivity index (χ1) is 9.86. The summed E-state index contributed by atoms with van der Waals surface area (Å²) in [6, 6.07) is 8.53. The second kappa shape index (κ2) is 6.76. The number of para-hydroxylation sites is 1. The lowest BCUT2D eigenvalue weighted by Crippen LogP contribution is -2.29. The minimum atomic E-state index is -3.52. The largest absolute Gasteiger partial charge is 0.284 e. The monoisotopic (exact) mass is 332 g/mol. The normalized spacial score (nSPS) is 15.8. The van der Waals surface area contributed by atoms with Gasteiger partial charge in [0.15, 0.2) is 0 Å². The topological polar surface area (TPSA) is 92.3 Å². The molecule has 0 saturated heterocycles. The minimum absolute atomic E-state index is 0.0716. The van der Waals surface area contributed by atoms with Crippen LogP contribution in [0.4, 0.5) is 5.69 Å². The number of rotatable bonds is 9. The average molecular weight is 332 g/mol. The Morgan fingerprint density at radius 3 is 2.19 bits per heavy atom. The minimum Gasteiger partial charge on any atom is -0.284 e. The molecule has 0 aromatic heterocycles. The molecule has 6 nitrogen and oxygen atoms in total. The van der Waals surface area contributed by atoms with Crippen molar-refractivity contribution in [1.82, 2.24) is 4.72 Å². The number of benzene rings is 1. The maximum absolute atomic E-state index is 11.8. The molecule has 0 unspecified atom stereocenters. The van der Waals surface area contributed by atoms with Crippen molar-refractivity contribution >= 4 is 25.7 Å². The Morgan fingerprint density at radius 1 is 0.952 bits per heavy atom. The molecule has 21 heavy (non-hydrogen) atoms. The van der Waals surface area contributed by atoms with Gasteiger partial charge >= 0.3 is 0 Å². The fourth-order valence-corrected chi connectivity index (χ4v) is 4.28. The van der Waals surface area contributed by atoms with E-state index in [0.717, 1.165) is 12.8 Å². The van der Waals surface area contributed by atoms with E-state index in [1.165, 1.54) is 0 Å². The fraction of sp³-hybridized carbons (Fsp3) is 0.538. The molecule has 0 radical (unpaired) electrons. The summed E-state index contributed by atoms with van der Waals surface area (Å²) >= 11 is 0. The third-order valence-corrected chi connectivity index (χ3v) is 5.97. The van der Waals surface area contributed by atoms with Crippen LogP contribution in [0.5, 0.6) is 0 Å². The maximum Gasteiger partial charge on any atom is 0.232 e. The van der Waals surface area contributed by atoms with Crippen LogP contribution in [-0.2, 0) is 20.0 Å². The van der Waals surface area contributed by atoms with Crippen LogP contribution < -0.4 is 9.44 Å². The SMILES string of the molecule is O=S(=O)(CCCS(=O)(=O)Nc1ccccc1)NCC1CC1. The molecular formula is C13H20N2O4S2. The van der Waals surface area contributed by atoms with Crippen LogP contribution in [0.15, 0.2) is 30.3 Å². The van der Waals surface area contributed by atoms with Crippen LogP contribution in [-0.4, -0.2) is 34.9 Å². The summed E-state index contributed by atoms with van der Waals surface area (Å²) in [6.07, 6.45) is 2.21. The zero-order chi connectivity index (χ0) is 15.3. The van der Waals surface area contributed by atoms with E-state index in [4.69, 9.17) is 0 Å². The van der Waals surface area contributed by atoms with Crippen molar-refractivity contribution in [2.45, 2.75) is 19.3 Å². The molecule has 1 aliphatic carbocycles. The summed E-state index contributed by atoms with van der Waals surface area (Å²) in [5.41, 5.74) is 0.479. The van der Waals surface area contributed by atoms with E-state index in [9.17, 15) is 16.8 Å². The summed E-state index contributed by atoms with van der Waals surface area (Å²) in [6.45, 7) is 0.470. The van der Waals surface area contributed by atoms with Crippen LogP contribution in [0.25, 0.3) is 0 Å². The number of nitrogens with one attached hydrogen (secondary N) is 2. The smallest absolute Gasteiger partial charge is 0.232 e. The first-order valence-corrected chi connectivity index (χ1v) is 10.2. The predicted molar refractivity (Wildman–Crippen MR) is 83.0 cm³/mol. The Labute approximate surface area is 126 Å². The van der Waals surface area contributed by atoms with Gasteiger partial charge in [0.05, 0.1) is 11.5 Å². The Bertz CT molecular complexity index is 653. The van der Waals surface area contributed by atoms with Crippen molar-refractivity contribution in [3.63, 3.8) is 0 Å². The second-order valence-electron chi connectivity index (χ2n) is 5.25. The zero-order valence-electron chi connectivity index (χ0n) is 11.7. The molecule has 0 amide bonds. The lowest BCUT2D eigenvalue weighted by atomic mass is 10.3. The van der Waals surface area contributed by atoms with Crippen molar-refractivity contribution in [2.75, 3.05) is 22.8 Å². The Morgan fingerprint density at radius 2 is 1.57 bits per heavy atom. The molecule has 0 spiro atoms. The van der Waals surface area contributed by atoms with Gasteiger partial charge in [-0.05, 0) is 37.3 Å². The Kier molecular flexibility index (Phi) is 5.23. The highest BCUT2D eigenvalue weighted by atomic mass is 32.2. The Hall–Kier alpha value is -1.12. The molecule has 2 rings (SSSR count). The molecular weight excluding hydrogens is 312 g/mol. The third-order valence-electron chi connectivity index (χ3n) is 3.16. The van der Waals surface area contributed by atoms with Gasteiger partial charge in [-0.25, -0.2) is 21.6 Å². The Balaban J connectivity index is 1.76. The van der Waals surface area contributed by atoms with E-state index >= 15 is 0 Å². The summed E-state index contributed by atoms with van der Waals surface area (Å²) in [5.74, 6) is 0.0741. The lowest BCUT2D eigenvalue weighted by molar-refractivity contribution is 0.575.